The molecule has 0 unspecified atom stereocenters. The van der Waals surface area contributed by atoms with Gasteiger partial charge in [-0.05, 0) is 30.3 Å². The van der Waals surface area contributed by atoms with Crippen molar-refractivity contribution in [3.63, 3.8) is 0 Å². The highest BCUT2D eigenvalue weighted by Gasteiger charge is 2.15. The van der Waals surface area contributed by atoms with Crippen LogP contribution in [0.15, 0.2) is 42.5 Å². The third-order valence-electron chi connectivity index (χ3n) is 2.71. The minimum absolute atomic E-state index is 0.245. The van der Waals surface area contributed by atoms with E-state index in [-0.39, 0.29) is 5.02 Å². The summed E-state index contributed by atoms with van der Waals surface area (Å²) in [6.45, 7) is 0. The van der Waals surface area contributed by atoms with Gasteiger partial charge in [-0.25, -0.2) is 0 Å². The second-order valence-corrected chi connectivity index (χ2v) is 5.11. The van der Waals surface area contributed by atoms with E-state index < -0.39 is 11.8 Å². The van der Waals surface area contributed by atoms with Crippen molar-refractivity contribution in [2.75, 3.05) is 17.7 Å². The number of nitrogens with one attached hydrogen (secondary N) is 2. The third-order valence-corrected chi connectivity index (χ3v) is 3.26. The Balaban J connectivity index is 2.04. The fourth-order valence-electron chi connectivity index (χ4n) is 1.66. The van der Waals surface area contributed by atoms with Gasteiger partial charge in [-0.15, -0.1) is 0 Å². The number of amides is 2. The molecule has 0 spiro atoms. The van der Waals surface area contributed by atoms with Crippen LogP contribution in [0.3, 0.4) is 0 Å². The molecule has 114 valence electrons. The van der Waals surface area contributed by atoms with Gasteiger partial charge >= 0.3 is 11.8 Å². The van der Waals surface area contributed by atoms with Gasteiger partial charge in [0, 0.05) is 16.8 Å². The second-order valence-electron chi connectivity index (χ2n) is 4.26. The van der Waals surface area contributed by atoms with E-state index in [2.05, 4.69) is 10.6 Å². The predicted octanol–water partition coefficient (Wildman–Crippen LogP) is 3.58. The fraction of sp³-hybridized carbons (Fsp3) is 0.0667. The highest BCUT2D eigenvalue weighted by molar-refractivity contribution is 6.45. The lowest BCUT2D eigenvalue weighted by Gasteiger charge is -2.09. The van der Waals surface area contributed by atoms with Gasteiger partial charge in [-0.1, -0.05) is 29.3 Å². The first kappa shape index (κ1) is 16.1. The Hall–Kier alpha value is -2.24. The Morgan fingerprint density at radius 3 is 2.41 bits per heavy atom. The molecule has 0 saturated heterocycles. The van der Waals surface area contributed by atoms with E-state index in [9.17, 15) is 9.59 Å². The van der Waals surface area contributed by atoms with Crippen LogP contribution in [-0.2, 0) is 9.59 Å². The van der Waals surface area contributed by atoms with Crippen LogP contribution in [-0.4, -0.2) is 18.9 Å². The molecule has 0 radical (unpaired) electrons. The van der Waals surface area contributed by atoms with E-state index in [0.717, 1.165) is 0 Å². The summed E-state index contributed by atoms with van der Waals surface area (Å²) >= 11 is 11.7. The van der Waals surface area contributed by atoms with Crippen molar-refractivity contribution in [2.45, 2.75) is 0 Å². The summed E-state index contributed by atoms with van der Waals surface area (Å²) in [5, 5.41) is 5.56. The quantitative estimate of drug-likeness (QED) is 0.840. The third kappa shape index (κ3) is 4.13. The van der Waals surface area contributed by atoms with Gasteiger partial charge in [0.1, 0.15) is 5.75 Å². The maximum Gasteiger partial charge on any atom is 0.314 e. The second kappa shape index (κ2) is 7.15. The van der Waals surface area contributed by atoms with Crippen LogP contribution in [0, 0.1) is 0 Å². The molecule has 2 amide bonds. The van der Waals surface area contributed by atoms with Crippen LogP contribution in [0.2, 0.25) is 10.0 Å². The van der Waals surface area contributed by atoms with E-state index in [1.54, 1.807) is 30.3 Å². The average Bonchev–Trinajstić information content (AvgIpc) is 2.50. The number of hydrogen-bond acceptors (Lipinski definition) is 3. The fourth-order valence-corrected chi connectivity index (χ4v) is 2.11. The van der Waals surface area contributed by atoms with Gasteiger partial charge in [0.2, 0.25) is 0 Å². The average molecular weight is 339 g/mol. The van der Waals surface area contributed by atoms with Crippen molar-refractivity contribution in [1.29, 1.82) is 0 Å². The summed E-state index contributed by atoms with van der Waals surface area (Å²) in [6.07, 6.45) is 0. The van der Waals surface area contributed by atoms with Gasteiger partial charge in [-0.2, -0.15) is 0 Å². The first-order valence-electron chi connectivity index (χ1n) is 6.21. The molecule has 0 aromatic heterocycles. The molecule has 2 aromatic carbocycles. The maximum absolute atomic E-state index is 11.9. The zero-order valence-electron chi connectivity index (χ0n) is 11.5. The smallest absolute Gasteiger partial charge is 0.314 e. The zero-order valence-corrected chi connectivity index (χ0v) is 13.0. The maximum atomic E-state index is 11.9. The standard InChI is InChI=1S/C15H12Cl2N2O3/c1-22-11-4-2-3-10(8-11)18-14(20)15(21)19-13-6-5-9(16)7-12(13)17/h2-8H,1H3,(H,18,20)(H,19,21). The van der Waals surface area contributed by atoms with Crippen LogP contribution >= 0.6 is 23.2 Å². The normalized spacial score (nSPS) is 9.95. The number of benzene rings is 2. The van der Waals surface area contributed by atoms with Crippen LogP contribution in [0.5, 0.6) is 5.75 Å². The van der Waals surface area contributed by atoms with E-state index >= 15 is 0 Å². The van der Waals surface area contributed by atoms with Gasteiger partial charge in [-0.3, -0.25) is 9.59 Å². The number of carbonyl (C=O) groups excluding carboxylic acids is 2. The molecule has 0 heterocycles. The van der Waals surface area contributed by atoms with Crippen molar-refractivity contribution >= 4 is 46.4 Å². The van der Waals surface area contributed by atoms with Gasteiger partial charge in [0.05, 0.1) is 17.8 Å². The Morgan fingerprint density at radius 2 is 1.73 bits per heavy atom. The molecule has 0 atom stereocenters. The molecule has 5 nitrogen and oxygen atoms in total. The van der Waals surface area contributed by atoms with Crippen LogP contribution in [0.1, 0.15) is 0 Å². The number of hydrogen-bond donors (Lipinski definition) is 2. The van der Waals surface area contributed by atoms with Crippen molar-refractivity contribution in [3.05, 3.63) is 52.5 Å². The van der Waals surface area contributed by atoms with E-state index in [1.165, 1.54) is 19.2 Å². The number of rotatable bonds is 3. The first-order valence-corrected chi connectivity index (χ1v) is 6.96. The molecule has 2 N–H and O–H groups in total. The first-order chi connectivity index (χ1) is 10.5. The Labute approximate surface area is 137 Å². The number of ether oxygens (including phenoxy) is 1. The van der Waals surface area contributed by atoms with Gasteiger partial charge in [0.25, 0.3) is 0 Å². The summed E-state index contributed by atoms with van der Waals surface area (Å²) in [4.78, 5) is 23.7. The van der Waals surface area contributed by atoms with Crippen molar-refractivity contribution in [1.82, 2.24) is 0 Å². The minimum Gasteiger partial charge on any atom is -0.497 e. The Morgan fingerprint density at radius 1 is 1.00 bits per heavy atom. The van der Waals surface area contributed by atoms with E-state index in [4.69, 9.17) is 27.9 Å². The summed E-state index contributed by atoms with van der Waals surface area (Å²) in [7, 11) is 1.51. The molecule has 0 aliphatic heterocycles. The van der Waals surface area contributed by atoms with Gasteiger partial charge in [0.15, 0.2) is 0 Å². The molecule has 2 aromatic rings. The molecule has 22 heavy (non-hydrogen) atoms. The van der Waals surface area contributed by atoms with Gasteiger partial charge < -0.3 is 15.4 Å². The molecule has 0 saturated carbocycles. The summed E-state index contributed by atoms with van der Waals surface area (Å²) in [5.41, 5.74) is 0.749. The number of methoxy groups -OCH3 is 1. The highest BCUT2D eigenvalue weighted by Crippen LogP contribution is 2.25. The lowest BCUT2D eigenvalue weighted by Crippen LogP contribution is -2.29. The van der Waals surface area contributed by atoms with E-state index in [1.807, 2.05) is 0 Å². The predicted molar refractivity (Wildman–Crippen MR) is 86.7 cm³/mol. The van der Waals surface area contributed by atoms with Crippen LogP contribution < -0.4 is 15.4 Å². The van der Waals surface area contributed by atoms with E-state index in [0.29, 0.717) is 22.1 Å². The Bertz CT molecular complexity index is 720. The monoisotopic (exact) mass is 338 g/mol. The molecule has 0 fully saturated rings. The lowest BCUT2D eigenvalue weighted by atomic mass is 10.3. The lowest BCUT2D eigenvalue weighted by molar-refractivity contribution is -0.132. The molecule has 0 aliphatic carbocycles. The summed E-state index contributed by atoms with van der Waals surface area (Å²) < 4.78 is 5.04. The van der Waals surface area contributed by atoms with Crippen molar-refractivity contribution in [3.8, 4) is 5.75 Å². The summed E-state index contributed by atoms with van der Waals surface area (Å²) in [6, 6.07) is 11.2. The number of halogens is 2. The minimum atomic E-state index is -0.841. The molecule has 0 bridgehead atoms. The topological polar surface area (TPSA) is 67.4 Å². The molecule has 2 rings (SSSR count). The van der Waals surface area contributed by atoms with Crippen molar-refractivity contribution < 1.29 is 14.3 Å². The summed E-state index contributed by atoms with van der Waals surface area (Å²) in [5.74, 6) is -1.09. The number of anilines is 2. The van der Waals surface area contributed by atoms with Crippen molar-refractivity contribution in [2.24, 2.45) is 0 Å². The van der Waals surface area contributed by atoms with Crippen LogP contribution in [0.25, 0.3) is 0 Å². The largest absolute Gasteiger partial charge is 0.497 e. The Kier molecular flexibility index (Phi) is 5.25. The molecular formula is C15H12Cl2N2O3. The molecule has 0 aliphatic rings. The van der Waals surface area contributed by atoms with Crippen LogP contribution in [0.4, 0.5) is 11.4 Å². The molecular weight excluding hydrogens is 327 g/mol. The SMILES string of the molecule is COc1cccc(NC(=O)C(=O)Nc2ccc(Cl)cc2Cl)c1. The molecule has 7 heteroatoms. The highest BCUT2D eigenvalue weighted by atomic mass is 35.5. The zero-order chi connectivity index (χ0) is 16.1. The number of carbonyl (C=O) groups is 2.